The Hall–Kier alpha value is -1.19. The summed E-state index contributed by atoms with van der Waals surface area (Å²) in [6.45, 7) is 5.53. The molecule has 0 saturated carbocycles. The Bertz CT molecular complexity index is 245. The summed E-state index contributed by atoms with van der Waals surface area (Å²) in [7, 11) is 0. The van der Waals surface area contributed by atoms with Crippen LogP contribution in [0.5, 0.6) is 0 Å². The van der Waals surface area contributed by atoms with Crippen LogP contribution in [0, 0.1) is 5.41 Å². The minimum absolute atomic E-state index is 0.0463. The van der Waals surface area contributed by atoms with Gasteiger partial charge in [0.05, 0.1) is 0 Å². The standard InChI is InChI=1S/C7H11N3O/c1-7(2,3)6(11)10-5-8-4-9-10/h4-5H,1-3H3. The van der Waals surface area contributed by atoms with E-state index in [2.05, 4.69) is 10.1 Å². The number of carbonyl (C=O) groups is 1. The van der Waals surface area contributed by atoms with E-state index in [0.717, 1.165) is 0 Å². The molecule has 4 heteroatoms. The predicted molar refractivity (Wildman–Crippen MR) is 40.1 cm³/mol. The molecule has 11 heavy (non-hydrogen) atoms. The second kappa shape index (κ2) is 2.45. The molecule has 0 N–H and O–H groups in total. The second-order valence-electron chi connectivity index (χ2n) is 3.40. The molecule has 0 saturated heterocycles. The normalized spacial score (nSPS) is 11.5. The molecule has 0 aliphatic rings. The molecule has 1 rings (SSSR count). The number of aromatic nitrogens is 3. The molecular formula is C7H11N3O. The Morgan fingerprint density at radius 2 is 2.09 bits per heavy atom. The first kappa shape index (κ1) is 7.91. The lowest BCUT2D eigenvalue weighted by atomic mass is 9.96. The van der Waals surface area contributed by atoms with Gasteiger partial charge in [-0.25, -0.2) is 4.98 Å². The fourth-order valence-electron chi connectivity index (χ4n) is 0.657. The van der Waals surface area contributed by atoms with Gasteiger partial charge in [-0.2, -0.15) is 9.78 Å². The topological polar surface area (TPSA) is 47.8 Å². The van der Waals surface area contributed by atoms with Gasteiger partial charge in [-0.1, -0.05) is 20.8 Å². The van der Waals surface area contributed by atoms with Crippen molar-refractivity contribution in [3.05, 3.63) is 12.7 Å². The number of nitrogens with zero attached hydrogens (tertiary/aromatic N) is 3. The first-order chi connectivity index (χ1) is 5.02. The molecule has 0 atom stereocenters. The van der Waals surface area contributed by atoms with Crippen LogP contribution >= 0.6 is 0 Å². The number of hydrogen-bond donors (Lipinski definition) is 0. The fraction of sp³-hybridized carbons (Fsp3) is 0.571. The minimum Gasteiger partial charge on any atom is -0.272 e. The highest BCUT2D eigenvalue weighted by Crippen LogP contribution is 2.14. The van der Waals surface area contributed by atoms with E-state index < -0.39 is 5.41 Å². The average Bonchev–Trinajstić information content (AvgIpc) is 2.34. The van der Waals surface area contributed by atoms with Crippen molar-refractivity contribution in [1.29, 1.82) is 0 Å². The van der Waals surface area contributed by atoms with E-state index >= 15 is 0 Å². The maximum absolute atomic E-state index is 11.4. The van der Waals surface area contributed by atoms with E-state index in [0.29, 0.717) is 0 Å². The van der Waals surface area contributed by atoms with Crippen LogP contribution in [0.25, 0.3) is 0 Å². The van der Waals surface area contributed by atoms with Crippen LogP contribution in [0.1, 0.15) is 25.6 Å². The van der Waals surface area contributed by atoms with Gasteiger partial charge in [0.15, 0.2) is 0 Å². The van der Waals surface area contributed by atoms with Gasteiger partial charge < -0.3 is 0 Å². The van der Waals surface area contributed by atoms with Crippen LogP contribution in [0.15, 0.2) is 12.7 Å². The Kier molecular flexibility index (Phi) is 1.76. The maximum Gasteiger partial charge on any atom is 0.253 e. The summed E-state index contributed by atoms with van der Waals surface area (Å²) in [5.74, 6) is -0.0463. The zero-order valence-electron chi connectivity index (χ0n) is 6.90. The Morgan fingerprint density at radius 1 is 1.45 bits per heavy atom. The van der Waals surface area contributed by atoms with Crippen molar-refractivity contribution in [2.45, 2.75) is 20.8 Å². The monoisotopic (exact) mass is 153 g/mol. The van der Waals surface area contributed by atoms with E-state index in [9.17, 15) is 4.79 Å². The van der Waals surface area contributed by atoms with Gasteiger partial charge in [0.1, 0.15) is 12.7 Å². The average molecular weight is 153 g/mol. The molecule has 1 aromatic heterocycles. The molecule has 0 unspecified atom stereocenters. The van der Waals surface area contributed by atoms with Crippen molar-refractivity contribution in [1.82, 2.24) is 14.8 Å². The molecule has 4 nitrogen and oxygen atoms in total. The van der Waals surface area contributed by atoms with Gasteiger partial charge >= 0.3 is 0 Å². The van der Waals surface area contributed by atoms with Crippen LogP contribution in [0.2, 0.25) is 0 Å². The third kappa shape index (κ3) is 1.63. The van der Waals surface area contributed by atoms with Crippen LogP contribution in [0.4, 0.5) is 0 Å². The quantitative estimate of drug-likeness (QED) is 0.557. The summed E-state index contributed by atoms with van der Waals surface area (Å²) in [5, 5.41) is 3.74. The van der Waals surface area contributed by atoms with Crippen molar-refractivity contribution < 1.29 is 4.79 Å². The highest BCUT2D eigenvalue weighted by atomic mass is 16.2. The molecule has 1 heterocycles. The molecule has 0 bridgehead atoms. The van der Waals surface area contributed by atoms with Gasteiger partial charge in [-0.3, -0.25) is 4.79 Å². The van der Waals surface area contributed by atoms with Crippen molar-refractivity contribution >= 4 is 5.91 Å². The van der Waals surface area contributed by atoms with Crippen LogP contribution in [-0.2, 0) is 0 Å². The lowest BCUT2D eigenvalue weighted by molar-refractivity contribution is 0.0748. The molecule has 0 fully saturated rings. The van der Waals surface area contributed by atoms with Crippen LogP contribution in [-0.4, -0.2) is 20.7 Å². The molecule has 0 aliphatic heterocycles. The molecule has 60 valence electrons. The third-order valence-corrected chi connectivity index (χ3v) is 1.27. The van der Waals surface area contributed by atoms with E-state index in [1.807, 2.05) is 20.8 Å². The SMILES string of the molecule is CC(C)(C)C(=O)n1cncn1. The van der Waals surface area contributed by atoms with Gasteiger partial charge in [0.2, 0.25) is 0 Å². The maximum atomic E-state index is 11.4. The van der Waals surface area contributed by atoms with E-state index in [1.165, 1.54) is 17.3 Å². The molecule has 1 aromatic rings. The number of carbonyl (C=O) groups excluding carboxylic acids is 1. The van der Waals surface area contributed by atoms with Gasteiger partial charge in [0.25, 0.3) is 5.91 Å². The van der Waals surface area contributed by atoms with E-state index in [1.54, 1.807) is 0 Å². The highest BCUT2D eigenvalue weighted by molar-refractivity contribution is 5.82. The zero-order valence-corrected chi connectivity index (χ0v) is 6.90. The molecule has 0 spiro atoms. The summed E-state index contributed by atoms with van der Waals surface area (Å²) in [5.41, 5.74) is -0.395. The lowest BCUT2D eigenvalue weighted by Gasteiger charge is -2.14. The van der Waals surface area contributed by atoms with E-state index in [4.69, 9.17) is 0 Å². The summed E-state index contributed by atoms with van der Waals surface area (Å²) in [6.07, 6.45) is 2.76. The summed E-state index contributed by atoms with van der Waals surface area (Å²) in [6, 6.07) is 0. The molecule has 0 amide bonds. The summed E-state index contributed by atoms with van der Waals surface area (Å²) in [4.78, 5) is 15.1. The smallest absolute Gasteiger partial charge is 0.253 e. The van der Waals surface area contributed by atoms with Crippen molar-refractivity contribution in [2.75, 3.05) is 0 Å². The van der Waals surface area contributed by atoms with Crippen LogP contribution in [0.3, 0.4) is 0 Å². The van der Waals surface area contributed by atoms with E-state index in [-0.39, 0.29) is 5.91 Å². The predicted octanol–water partition coefficient (Wildman–Crippen LogP) is 0.964. The Balaban J connectivity index is 2.88. The Morgan fingerprint density at radius 3 is 2.45 bits per heavy atom. The summed E-state index contributed by atoms with van der Waals surface area (Å²) >= 11 is 0. The number of rotatable bonds is 0. The van der Waals surface area contributed by atoms with Gasteiger partial charge in [-0.05, 0) is 0 Å². The Labute approximate surface area is 65.2 Å². The highest BCUT2D eigenvalue weighted by Gasteiger charge is 2.23. The lowest BCUT2D eigenvalue weighted by Crippen LogP contribution is -2.26. The largest absolute Gasteiger partial charge is 0.272 e. The minimum atomic E-state index is -0.395. The fourth-order valence-corrected chi connectivity index (χ4v) is 0.657. The zero-order chi connectivity index (χ0) is 8.48. The second-order valence-corrected chi connectivity index (χ2v) is 3.40. The molecular weight excluding hydrogens is 142 g/mol. The third-order valence-electron chi connectivity index (χ3n) is 1.27. The molecule has 0 aromatic carbocycles. The number of hydrogen-bond acceptors (Lipinski definition) is 3. The van der Waals surface area contributed by atoms with Crippen molar-refractivity contribution in [2.24, 2.45) is 5.41 Å². The molecule has 0 aliphatic carbocycles. The first-order valence-electron chi connectivity index (χ1n) is 3.41. The van der Waals surface area contributed by atoms with Gasteiger partial charge in [-0.15, -0.1) is 0 Å². The van der Waals surface area contributed by atoms with Crippen molar-refractivity contribution in [3.63, 3.8) is 0 Å². The summed E-state index contributed by atoms with van der Waals surface area (Å²) < 4.78 is 1.25. The van der Waals surface area contributed by atoms with Gasteiger partial charge in [0, 0.05) is 5.41 Å². The first-order valence-corrected chi connectivity index (χ1v) is 3.41. The van der Waals surface area contributed by atoms with Crippen molar-refractivity contribution in [3.8, 4) is 0 Å². The van der Waals surface area contributed by atoms with Crippen LogP contribution < -0.4 is 0 Å². The molecule has 0 radical (unpaired) electrons.